The first-order valence-corrected chi connectivity index (χ1v) is 5.29. The summed E-state index contributed by atoms with van der Waals surface area (Å²) in [7, 11) is 0. The quantitative estimate of drug-likeness (QED) is 0.607. The van der Waals surface area contributed by atoms with Crippen LogP contribution in [-0.4, -0.2) is 10.9 Å². The molecule has 86 valence electrons. The Balaban J connectivity index is 2.60. The summed E-state index contributed by atoms with van der Waals surface area (Å²) in [4.78, 5) is 8.47. The molecule has 0 radical (unpaired) electrons. The van der Waals surface area contributed by atoms with Crippen molar-refractivity contribution >= 4 is 11.6 Å². The van der Waals surface area contributed by atoms with Gasteiger partial charge in [-0.2, -0.15) is 0 Å². The van der Waals surface area contributed by atoms with Gasteiger partial charge in [-0.3, -0.25) is 4.98 Å². The van der Waals surface area contributed by atoms with Crippen molar-refractivity contribution in [3.8, 4) is 11.3 Å². The van der Waals surface area contributed by atoms with E-state index < -0.39 is 0 Å². The minimum absolute atomic E-state index is 0.0473. The zero-order valence-electron chi connectivity index (χ0n) is 9.59. The van der Waals surface area contributed by atoms with Crippen LogP contribution in [0.25, 0.3) is 11.3 Å². The van der Waals surface area contributed by atoms with Crippen LogP contribution in [0, 0.1) is 6.92 Å². The standard InChI is InChI=1S/C13H14N4/c1-9-5-4-8-16-12(9)10-6-2-3-7-11(10)17-13(14)15/h2-8H,1H3,(H4,14,15,17). The van der Waals surface area contributed by atoms with Crippen LogP contribution in [0.2, 0.25) is 0 Å². The summed E-state index contributed by atoms with van der Waals surface area (Å²) in [6, 6.07) is 11.6. The molecular weight excluding hydrogens is 212 g/mol. The molecule has 0 spiro atoms. The number of hydrogen-bond acceptors (Lipinski definition) is 2. The fourth-order valence-corrected chi connectivity index (χ4v) is 1.68. The summed E-state index contributed by atoms with van der Waals surface area (Å²) in [6.07, 6.45) is 1.76. The molecule has 0 fully saturated rings. The second-order valence-electron chi connectivity index (χ2n) is 3.72. The fourth-order valence-electron chi connectivity index (χ4n) is 1.68. The molecule has 1 aromatic heterocycles. The number of nitrogens with two attached hydrogens (primary N) is 2. The van der Waals surface area contributed by atoms with Crippen molar-refractivity contribution in [2.24, 2.45) is 16.5 Å². The average Bonchev–Trinajstić information content (AvgIpc) is 2.30. The van der Waals surface area contributed by atoms with Gasteiger partial charge in [-0.05, 0) is 24.6 Å². The van der Waals surface area contributed by atoms with Crippen LogP contribution in [0.3, 0.4) is 0 Å². The van der Waals surface area contributed by atoms with E-state index in [4.69, 9.17) is 11.5 Å². The highest BCUT2D eigenvalue weighted by molar-refractivity contribution is 5.84. The molecule has 2 aromatic rings. The van der Waals surface area contributed by atoms with Crippen LogP contribution in [0.5, 0.6) is 0 Å². The van der Waals surface area contributed by atoms with Crippen molar-refractivity contribution < 1.29 is 0 Å². The van der Waals surface area contributed by atoms with E-state index in [0.717, 1.165) is 22.5 Å². The van der Waals surface area contributed by atoms with E-state index in [2.05, 4.69) is 9.98 Å². The van der Waals surface area contributed by atoms with E-state index >= 15 is 0 Å². The lowest BCUT2D eigenvalue weighted by Crippen LogP contribution is -2.21. The minimum atomic E-state index is 0.0473. The Labute approximate surface area is 100 Å². The first kappa shape index (κ1) is 11.1. The monoisotopic (exact) mass is 226 g/mol. The number of rotatable bonds is 2. The van der Waals surface area contributed by atoms with Crippen LogP contribution < -0.4 is 11.5 Å². The van der Waals surface area contributed by atoms with Gasteiger partial charge in [-0.1, -0.05) is 24.3 Å². The number of aryl methyl sites for hydroxylation is 1. The van der Waals surface area contributed by atoms with E-state index in [0.29, 0.717) is 0 Å². The second-order valence-corrected chi connectivity index (χ2v) is 3.72. The van der Waals surface area contributed by atoms with Crippen LogP contribution in [0.1, 0.15) is 5.56 Å². The number of hydrogen-bond donors (Lipinski definition) is 2. The van der Waals surface area contributed by atoms with Gasteiger partial charge in [0.2, 0.25) is 0 Å². The Kier molecular flexibility index (Phi) is 3.05. The van der Waals surface area contributed by atoms with Crippen LogP contribution >= 0.6 is 0 Å². The van der Waals surface area contributed by atoms with Gasteiger partial charge in [0, 0.05) is 11.8 Å². The summed E-state index contributed by atoms with van der Waals surface area (Å²) in [5, 5.41) is 0. The zero-order valence-corrected chi connectivity index (χ0v) is 9.59. The summed E-state index contributed by atoms with van der Waals surface area (Å²) < 4.78 is 0. The van der Waals surface area contributed by atoms with Gasteiger partial charge in [0.05, 0.1) is 11.4 Å². The number of pyridine rings is 1. The van der Waals surface area contributed by atoms with Crippen LogP contribution in [0.15, 0.2) is 47.6 Å². The third kappa shape index (κ3) is 2.42. The van der Waals surface area contributed by atoms with Gasteiger partial charge in [-0.25, -0.2) is 4.99 Å². The molecule has 0 amide bonds. The number of para-hydroxylation sites is 1. The van der Waals surface area contributed by atoms with Gasteiger partial charge >= 0.3 is 0 Å². The average molecular weight is 226 g/mol. The first-order chi connectivity index (χ1) is 8.18. The number of aromatic nitrogens is 1. The molecule has 0 aliphatic carbocycles. The Bertz CT molecular complexity index is 557. The third-order valence-corrected chi connectivity index (χ3v) is 2.42. The molecule has 0 saturated carbocycles. The Morgan fingerprint density at radius 1 is 1.12 bits per heavy atom. The molecule has 0 unspecified atom stereocenters. The highest BCUT2D eigenvalue weighted by Gasteiger charge is 2.07. The summed E-state index contributed by atoms with van der Waals surface area (Å²) in [5.74, 6) is 0.0473. The van der Waals surface area contributed by atoms with Gasteiger partial charge in [-0.15, -0.1) is 0 Å². The van der Waals surface area contributed by atoms with Gasteiger partial charge in [0.25, 0.3) is 0 Å². The molecule has 1 heterocycles. The molecular formula is C13H14N4. The second kappa shape index (κ2) is 4.65. The van der Waals surface area contributed by atoms with Crippen molar-refractivity contribution in [3.63, 3.8) is 0 Å². The Morgan fingerprint density at radius 3 is 2.59 bits per heavy atom. The van der Waals surface area contributed by atoms with E-state index in [9.17, 15) is 0 Å². The maximum absolute atomic E-state index is 5.42. The predicted octanol–water partition coefficient (Wildman–Crippen LogP) is 1.96. The molecule has 17 heavy (non-hydrogen) atoms. The molecule has 0 saturated heterocycles. The van der Waals surface area contributed by atoms with E-state index in [-0.39, 0.29) is 5.96 Å². The van der Waals surface area contributed by atoms with Crippen LogP contribution in [-0.2, 0) is 0 Å². The molecule has 0 aliphatic heterocycles. The Morgan fingerprint density at radius 2 is 1.88 bits per heavy atom. The van der Waals surface area contributed by atoms with Crippen LogP contribution in [0.4, 0.5) is 5.69 Å². The highest BCUT2D eigenvalue weighted by atomic mass is 15.0. The molecule has 4 N–H and O–H groups in total. The smallest absolute Gasteiger partial charge is 0.191 e. The number of benzene rings is 1. The SMILES string of the molecule is Cc1cccnc1-c1ccccc1N=C(N)N. The minimum Gasteiger partial charge on any atom is -0.370 e. The Hall–Kier alpha value is -2.36. The van der Waals surface area contributed by atoms with Crippen molar-refractivity contribution in [1.29, 1.82) is 0 Å². The maximum Gasteiger partial charge on any atom is 0.191 e. The topological polar surface area (TPSA) is 77.3 Å². The van der Waals surface area contributed by atoms with E-state index in [1.54, 1.807) is 6.20 Å². The van der Waals surface area contributed by atoms with Gasteiger partial charge in [0.15, 0.2) is 5.96 Å². The van der Waals surface area contributed by atoms with E-state index in [1.165, 1.54) is 0 Å². The predicted molar refractivity (Wildman–Crippen MR) is 69.9 cm³/mol. The van der Waals surface area contributed by atoms with Crippen molar-refractivity contribution in [2.45, 2.75) is 6.92 Å². The van der Waals surface area contributed by atoms with Gasteiger partial charge in [0.1, 0.15) is 0 Å². The fraction of sp³-hybridized carbons (Fsp3) is 0.0769. The first-order valence-electron chi connectivity index (χ1n) is 5.29. The normalized spacial score (nSPS) is 9.94. The van der Waals surface area contributed by atoms with E-state index in [1.807, 2.05) is 43.3 Å². The highest BCUT2D eigenvalue weighted by Crippen LogP contribution is 2.30. The van der Waals surface area contributed by atoms with Gasteiger partial charge < -0.3 is 11.5 Å². The maximum atomic E-state index is 5.42. The lowest BCUT2D eigenvalue weighted by atomic mass is 10.1. The van der Waals surface area contributed by atoms with Crippen molar-refractivity contribution in [2.75, 3.05) is 0 Å². The third-order valence-electron chi connectivity index (χ3n) is 2.42. The number of nitrogens with zero attached hydrogens (tertiary/aromatic N) is 2. The zero-order chi connectivity index (χ0) is 12.3. The summed E-state index contributed by atoms with van der Waals surface area (Å²) in [5.41, 5.74) is 14.5. The molecule has 0 bridgehead atoms. The van der Waals surface area contributed by atoms with Crippen molar-refractivity contribution in [1.82, 2.24) is 4.98 Å². The number of guanidine groups is 1. The lowest BCUT2D eigenvalue weighted by molar-refractivity contribution is 1.26. The van der Waals surface area contributed by atoms with Crippen molar-refractivity contribution in [3.05, 3.63) is 48.2 Å². The molecule has 4 nitrogen and oxygen atoms in total. The molecule has 1 aromatic carbocycles. The summed E-state index contributed by atoms with van der Waals surface area (Å²) in [6.45, 7) is 2.01. The summed E-state index contributed by atoms with van der Waals surface area (Å²) >= 11 is 0. The number of aliphatic imine (C=N–C) groups is 1. The molecule has 4 heteroatoms. The molecule has 2 rings (SSSR count). The lowest BCUT2D eigenvalue weighted by Gasteiger charge is -2.07. The molecule has 0 atom stereocenters. The molecule has 0 aliphatic rings. The largest absolute Gasteiger partial charge is 0.370 e.